The molecule has 2 N–H and O–H groups in total. The summed E-state index contributed by atoms with van der Waals surface area (Å²) in [4.78, 5) is 19.5. The Labute approximate surface area is 145 Å². The maximum atomic E-state index is 13.1. The van der Waals surface area contributed by atoms with Crippen LogP contribution in [0, 0.1) is 5.41 Å². The quantitative estimate of drug-likeness (QED) is 0.871. The van der Waals surface area contributed by atoms with Gasteiger partial charge in [-0.2, -0.15) is 5.10 Å². The van der Waals surface area contributed by atoms with Crippen molar-refractivity contribution in [3.63, 3.8) is 0 Å². The molecule has 0 bridgehead atoms. The van der Waals surface area contributed by atoms with Crippen LogP contribution in [0.25, 0.3) is 0 Å². The molecule has 2 fully saturated rings. The number of amides is 1. The van der Waals surface area contributed by atoms with Gasteiger partial charge in [-0.15, -0.1) is 11.3 Å². The second-order valence-corrected chi connectivity index (χ2v) is 7.80. The first-order chi connectivity index (χ1) is 11.7. The highest BCUT2D eigenvalue weighted by Gasteiger charge is 2.58. The van der Waals surface area contributed by atoms with E-state index >= 15 is 0 Å². The summed E-state index contributed by atoms with van der Waals surface area (Å²) in [6.45, 7) is 4.75. The number of rotatable bonds is 5. The normalized spacial score (nSPS) is 21.8. The van der Waals surface area contributed by atoms with Gasteiger partial charge in [-0.3, -0.25) is 9.89 Å². The van der Waals surface area contributed by atoms with Gasteiger partial charge in [0.25, 0.3) is 5.91 Å². The van der Waals surface area contributed by atoms with Gasteiger partial charge >= 0.3 is 0 Å². The number of piperidine rings is 1. The van der Waals surface area contributed by atoms with E-state index in [0.29, 0.717) is 23.7 Å². The zero-order valence-electron chi connectivity index (χ0n) is 13.9. The standard InChI is InChI=1S/C17H23N5OS/c1-2-12-9-13(21-20-12)16(23)22(11-15-19-7-8-24-15)14-10-17(14)3-5-18-6-4-17/h7-9,14,18H,2-6,10-11H2,1H3,(H,20,21). The SMILES string of the molecule is CCc1cc(C(=O)N(Cc2nccs2)C2CC23CCNCC3)n[nH]1. The highest BCUT2D eigenvalue weighted by atomic mass is 32.1. The fourth-order valence-corrected chi connectivity index (χ4v) is 4.44. The van der Waals surface area contributed by atoms with E-state index in [4.69, 9.17) is 0 Å². The van der Waals surface area contributed by atoms with Gasteiger partial charge in [-0.05, 0) is 50.3 Å². The number of H-pyrrole nitrogens is 1. The number of hydrogen-bond acceptors (Lipinski definition) is 5. The van der Waals surface area contributed by atoms with Crippen LogP contribution in [0.3, 0.4) is 0 Å². The van der Waals surface area contributed by atoms with E-state index in [1.165, 1.54) is 0 Å². The maximum Gasteiger partial charge on any atom is 0.275 e. The van der Waals surface area contributed by atoms with E-state index in [2.05, 4.69) is 27.4 Å². The number of nitrogens with one attached hydrogen (secondary N) is 2. The van der Waals surface area contributed by atoms with E-state index in [1.54, 1.807) is 17.5 Å². The molecule has 1 aliphatic carbocycles. The molecule has 1 saturated heterocycles. The second-order valence-electron chi connectivity index (χ2n) is 6.82. The van der Waals surface area contributed by atoms with Crippen molar-refractivity contribution in [1.82, 2.24) is 25.4 Å². The molecule has 128 valence electrons. The third kappa shape index (κ3) is 2.86. The van der Waals surface area contributed by atoms with Crippen LogP contribution >= 0.6 is 11.3 Å². The lowest BCUT2D eigenvalue weighted by atomic mass is 9.93. The molecule has 1 atom stereocenters. The summed E-state index contributed by atoms with van der Waals surface area (Å²) >= 11 is 1.61. The largest absolute Gasteiger partial charge is 0.327 e. The van der Waals surface area contributed by atoms with Crippen molar-refractivity contribution in [3.8, 4) is 0 Å². The van der Waals surface area contributed by atoms with Crippen LogP contribution in [0.5, 0.6) is 0 Å². The molecule has 2 aromatic rings. The number of hydrogen-bond donors (Lipinski definition) is 2. The van der Waals surface area contributed by atoms with Crippen molar-refractivity contribution in [2.45, 2.75) is 45.2 Å². The summed E-state index contributed by atoms with van der Waals surface area (Å²) < 4.78 is 0. The summed E-state index contributed by atoms with van der Waals surface area (Å²) in [6.07, 6.45) is 6.07. The van der Waals surface area contributed by atoms with Gasteiger partial charge in [0.1, 0.15) is 10.7 Å². The summed E-state index contributed by atoms with van der Waals surface area (Å²) in [5.74, 6) is 0.0292. The molecule has 0 aromatic carbocycles. The fourth-order valence-electron chi connectivity index (χ4n) is 3.83. The first kappa shape index (κ1) is 15.8. The van der Waals surface area contributed by atoms with E-state index in [-0.39, 0.29) is 5.91 Å². The Hall–Kier alpha value is -1.73. The number of carbonyl (C=O) groups excluding carboxylic acids is 1. The van der Waals surface area contributed by atoms with Crippen LogP contribution in [0.4, 0.5) is 0 Å². The molecule has 2 aromatic heterocycles. The molecule has 2 aliphatic rings. The van der Waals surface area contributed by atoms with Gasteiger partial charge in [-0.1, -0.05) is 6.92 Å². The number of thiazole rings is 1. The third-order valence-corrected chi connectivity index (χ3v) is 6.17. The number of nitrogens with zero attached hydrogens (tertiary/aromatic N) is 3. The smallest absolute Gasteiger partial charge is 0.275 e. The minimum Gasteiger partial charge on any atom is -0.327 e. The van der Waals surface area contributed by atoms with Gasteiger partial charge < -0.3 is 10.2 Å². The van der Waals surface area contributed by atoms with Crippen molar-refractivity contribution >= 4 is 17.2 Å². The molecule has 3 heterocycles. The Kier molecular flexibility index (Phi) is 4.14. The lowest BCUT2D eigenvalue weighted by Gasteiger charge is -2.28. The Morgan fingerprint density at radius 3 is 2.96 bits per heavy atom. The molecule has 4 rings (SSSR count). The predicted molar refractivity (Wildman–Crippen MR) is 92.9 cm³/mol. The van der Waals surface area contributed by atoms with Gasteiger partial charge in [0.2, 0.25) is 0 Å². The van der Waals surface area contributed by atoms with Crippen LogP contribution < -0.4 is 5.32 Å². The fraction of sp³-hybridized carbons (Fsp3) is 0.588. The average Bonchev–Trinajstić information content (AvgIpc) is 3.05. The number of aromatic amines is 1. The molecule has 1 saturated carbocycles. The molecule has 1 amide bonds. The molecule has 1 spiro atoms. The van der Waals surface area contributed by atoms with Crippen molar-refractivity contribution in [2.24, 2.45) is 5.41 Å². The van der Waals surface area contributed by atoms with Crippen LogP contribution in [0.15, 0.2) is 17.6 Å². The van der Waals surface area contributed by atoms with Crippen molar-refractivity contribution in [1.29, 1.82) is 0 Å². The first-order valence-electron chi connectivity index (χ1n) is 8.66. The van der Waals surface area contributed by atoms with Gasteiger partial charge in [0.15, 0.2) is 0 Å². The molecule has 24 heavy (non-hydrogen) atoms. The summed E-state index contributed by atoms with van der Waals surface area (Å²) in [5, 5.41) is 13.6. The molecular formula is C17H23N5OS. The summed E-state index contributed by atoms with van der Waals surface area (Å²) in [6, 6.07) is 2.20. The van der Waals surface area contributed by atoms with E-state index < -0.39 is 0 Å². The minimum atomic E-state index is 0.0292. The minimum absolute atomic E-state index is 0.0292. The monoisotopic (exact) mass is 345 g/mol. The van der Waals surface area contributed by atoms with Crippen LogP contribution in [-0.2, 0) is 13.0 Å². The Morgan fingerprint density at radius 2 is 2.29 bits per heavy atom. The zero-order chi connectivity index (χ0) is 16.6. The molecule has 1 unspecified atom stereocenters. The van der Waals surface area contributed by atoms with Crippen LogP contribution in [0.2, 0.25) is 0 Å². The molecule has 1 aliphatic heterocycles. The van der Waals surface area contributed by atoms with E-state index in [0.717, 1.165) is 49.5 Å². The average molecular weight is 345 g/mol. The molecular weight excluding hydrogens is 322 g/mol. The van der Waals surface area contributed by atoms with Crippen molar-refractivity contribution in [3.05, 3.63) is 34.0 Å². The number of aromatic nitrogens is 3. The second kappa shape index (κ2) is 6.29. The van der Waals surface area contributed by atoms with Crippen LogP contribution in [0.1, 0.15) is 47.4 Å². The van der Waals surface area contributed by atoms with E-state index in [1.807, 2.05) is 16.3 Å². The van der Waals surface area contributed by atoms with Gasteiger partial charge in [-0.25, -0.2) is 4.98 Å². The van der Waals surface area contributed by atoms with Gasteiger partial charge in [0, 0.05) is 23.3 Å². The topological polar surface area (TPSA) is 73.9 Å². The number of carbonyl (C=O) groups is 1. The Balaban J connectivity index is 1.57. The number of aryl methyl sites for hydroxylation is 1. The first-order valence-corrected chi connectivity index (χ1v) is 9.54. The Bertz CT molecular complexity index is 704. The highest BCUT2D eigenvalue weighted by Crippen LogP contribution is 2.56. The van der Waals surface area contributed by atoms with Crippen molar-refractivity contribution in [2.75, 3.05) is 13.1 Å². The Morgan fingerprint density at radius 1 is 1.46 bits per heavy atom. The van der Waals surface area contributed by atoms with Crippen LogP contribution in [-0.4, -0.2) is 45.1 Å². The van der Waals surface area contributed by atoms with Gasteiger partial charge in [0.05, 0.1) is 6.54 Å². The summed E-state index contributed by atoms with van der Waals surface area (Å²) in [5.41, 5.74) is 1.83. The highest BCUT2D eigenvalue weighted by molar-refractivity contribution is 7.09. The summed E-state index contributed by atoms with van der Waals surface area (Å²) in [7, 11) is 0. The lowest BCUT2D eigenvalue weighted by molar-refractivity contribution is 0.0686. The zero-order valence-corrected chi connectivity index (χ0v) is 14.7. The molecule has 0 radical (unpaired) electrons. The van der Waals surface area contributed by atoms with E-state index in [9.17, 15) is 4.79 Å². The predicted octanol–water partition coefficient (Wildman–Crippen LogP) is 2.21. The molecule has 6 nitrogen and oxygen atoms in total. The third-order valence-electron chi connectivity index (χ3n) is 5.40. The lowest BCUT2D eigenvalue weighted by Crippen LogP contribution is -2.39. The molecule has 7 heteroatoms. The van der Waals surface area contributed by atoms with Crippen molar-refractivity contribution < 1.29 is 4.79 Å². The maximum absolute atomic E-state index is 13.1.